The fourth-order valence-electron chi connectivity index (χ4n) is 3.07. The molecular formula is C21H24O2. The van der Waals surface area contributed by atoms with Gasteiger partial charge in [0.25, 0.3) is 0 Å². The van der Waals surface area contributed by atoms with Gasteiger partial charge in [0.2, 0.25) is 0 Å². The molecule has 0 fully saturated rings. The van der Waals surface area contributed by atoms with Crippen molar-refractivity contribution in [3.8, 4) is 5.75 Å². The summed E-state index contributed by atoms with van der Waals surface area (Å²) in [7, 11) is 0. The Hall–Kier alpha value is -2.32. The SMILES string of the molecule is C=CCc1cc(C2=CC=CC(CC=C)C2(O)C=CC)ccc1O. The number of phenolic OH excluding ortho intramolecular Hbond substituents is 1. The normalized spacial score (nSPS) is 23.7. The summed E-state index contributed by atoms with van der Waals surface area (Å²) in [4.78, 5) is 0. The lowest BCUT2D eigenvalue weighted by Gasteiger charge is -2.36. The molecule has 2 unspecified atom stereocenters. The largest absolute Gasteiger partial charge is 0.508 e. The summed E-state index contributed by atoms with van der Waals surface area (Å²) >= 11 is 0. The highest BCUT2D eigenvalue weighted by molar-refractivity contribution is 5.78. The van der Waals surface area contributed by atoms with E-state index in [4.69, 9.17) is 0 Å². The molecule has 2 N–H and O–H groups in total. The molecule has 0 saturated heterocycles. The Morgan fingerprint density at radius 3 is 2.70 bits per heavy atom. The molecule has 1 aliphatic rings. The van der Waals surface area contributed by atoms with Crippen LogP contribution < -0.4 is 0 Å². The molecule has 1 aromatic carbocycles. The Morgan fingerprint density at radius 1 is 1.26 bits per heavy atom. The van der Waals surface area contributed by atoms with Crippen molar-refractivity contribution in [1.82, 2.24) is 0 Å². The van der Waals surface area contributed by atoms with E-state index in [-0.39, 0.29) is 11.7 Å². The highest BCUT2D eigenvalue weighted by Gasteiger charge is 2.37. The standard InChI is InChI=1S/C21H24O2/c1-4-8-17-15-16(12-13-20(17)22)19-11-7-10-18(9-5-2)21(19,23)14-6-3/h4-7,10-15,18,22-23H,1-2,8-9H2,3H3. The topological polar surface area (TPSA) is 40.5 Å². The van der Waals surface area contributed by atoms with Crippen LogP contribution >= 0.6 is 0 Å². The Balaban J connectivity index is 2.53. The van der Waals surface area contributed by atoms with Crippen molar-refractivity contribution < 1.29 is 10.2 Å². The third-order valence-electron chi connectivity index (χ3n) is 4.20. The summed E-state index contributed by atoms with van der Waals surface area (Å²) in [5.41, 5.74) is 1.45. The molecule has 1 aliphatic carbocycles. The zero-order valence-electron chi connectivity index (χ0n) is 13.6. The lowest BCUT2D eigenvalue weighted by atomic mass is 9.73. The van der Waals surface area contributed by atoms with E-state index >= 15 is 0 Å². The molecule has 0 amide bonds. The van der Waals surface area contributed by atoms with Crippen molar-refractivity contribution in [1.29, 1.82) is 0 Å². The minimum absolute atomic E-state index is 0.0622. The first-order valence-electron chi connectivity index (χ1n) is 7.86. The van der Waals surface area contributed by atoms with Gasteiger partial charge in [0, 0.05) is 5.92 Å². The second kappa shape index (κ2) is 7.30. The zero-order valence-corrected chi connectivity index (χ0v) is 13.6. The maximum atomic E-state index is 11.3. The third kappa shape index (κ3) is 3.38. The predicted molar refractivity (Wildman–Crippen MR) is 97.2 cm³/mol. The number of phenols is 1. The van der Waals surface area contributed by atoms with E-state index < -0.39 is 5.60 Å². The van der Waals surface area contributed by atoms with Crippen LogP contribution in [-0.4, -0.2) is 15.8 Å². The highest BCUT2D eigenvalue weighted by atomic mass is 16.3. The first kappa shape index (κ1) is 17.0. The van der Waals surface area contributed by atoms with E-state index in [0.717, 1.165) is 16.7 Å². The Labute approximate surface area is 138 Å². The first-order valence-corrected chi connectivity index (χ1v) is 7.86. The molecule has 2 rings (SSSR count). The maximum Gasteiger partial charge on any atom is 0.119 e. The monoisotopic (exact) mass is 308 g/mol. The van der Waals surface area contributed by atoms with Gasteiger partial charge in [-0.05, 0) is 48.6 Å². The van der Waals surface area contributed by atoms with Gasteiger partial charge in [-0.3, -0.25) is 0 Å². The van der Waals surface area contributed by atoms with Crippen molar-refractivity contribution in [3.63, 3.8) is 0 Å². The van der Waals surface area contributed by atoms with Crippen molar-refractivity contribution in [3.05, 3.63) is 85.0 Å². The molecule has 0 aliphatic heterocycles. The average molecular weight is 308 g/mol. The number of aliphatic hydroxyl groups is 1. The molecule has 0 bridgehead atoms. The number of hydrogen-bond donors (Lipinski definition) is 2. The van der Waals surface area contributed by atoms with Gasteiger partial charge in [-0.1, -0.05) is 48.6 Å². The van der Waals surface area contributed by atoms with Gasteiger partial charge < -0.3 is 10.2 Å². The van der Waals surface area contributed by atoms with E-state index in [9.17, 15) is 10.2 Å². The molecule has 0 heterocycles. The second-order valence-corrected chi connectivity index (χ2v) is 5.76. The number of aromatic hydroxyl groups is 1. The average Bonchev–Trinajstić information content (AvgIpc) is 2.52. The minimum Gasteiger partial charge on any atom is -0.508 e. The van der Waals surface area contributed by atoms with Gasteiger partial charge in [-0.15, -0.1) is 13.2 Å². The number of hydrogen-bond acceptors (Lipinski definition) is 2. The molecular weight excluding hydrogens is 284 g/mol. The summed E-state index contributed by atoms with van der Waals surface area (Å²) in [6.45, 7) is 9.42. The van der Waals surface area contributed by atoms with E-state index in [1.807, 2.05) is 55.5 Å². The van der Waals surface area contributed by atoms with Crippen LogP contribution in [0.1, 0.15) is 24.5 Å². The second-order valence-electron chi connectivity index (χ2n) is 5.76. The maximum absolute atomic E-state index is 11.3. The van der Waals surface area contributed by atoms with Crippen LogP contribution in [-0.2, 0) is 6.42 Å². The molecule has 2 heteroatoms. The van der Waals surface area contributed by atoms with Gasteiger partial charge in [-0.2, -0.15) is 0 Å². The molecule has 1 aromatic rings. The fraction of sp³-hybridized carbons (Fsp3) is 0.238. The van der Waals surface area contributed by atoms with Gasteiger partial charge in [-0.25, -0.2) is 0 Å². The van der Waals surface area contributed by atoms with Crippen molar-refractivity contribution in [2.24, 2.45) is 5.92 Å². The Kier molecular flexibility index (Phi) is 5.41. The van der Waals surface area contributed by atoms with E-state index in [2.05, 4.69) is 13.2 Å². The van der Waals surface area contributed by atoms with Crippen LogP contribution in [0.15, 0.2) is 73.9 Å². The quantitative estimate of drug-likeness (QED) is 0.756. The van der Waals surface area contributed by atoms with E-state index in [1.165, 1.54) is 0 Å². The van der Waals surface area contributed by atoms with Crippen LogP contribution in [0.4, 0.5) is 0 Å². The molecule has 2 nitrogen and oxygen atoms in total. The van der Waals surface area contributed by atoms with E-state index in [0.29, 0.717) is 12.8 Å². The van der Waals surface area contributed by atoms with Crippen molar-refractivity contribution >= 4 is 5.57 Å². The third-order valence-corrected chi connectivity index (χ3v) is 4.20. The Morgan fingerprint density at radius 2 is 2.04 bits per heavy atom. The van der Waals surface area contributed by atoms with Gasteiger partial charge >= 0.3 is 0 Å². The summed E-state index contributed by atoms with van der Waals surface area (Å²) in [6, 6.07) is 5.43. The van der Waals surface area contributed by atoms with Crippen molar-refractivity contribution in [2.45, 2.75) is 25.4 Å². The smallest absolute Gasteiger partial charge is 0.119 e. The van der Waals surface area contributed by atoms with Gasteiger partial charge in [0.15, 0.2) is 0 Å². The highest BCUT2D eigenvalue weighted by Crippen LogP contribution is 2.41. The zero-order chi connectivity index (χ0) is 16.9. The molecule has 23 heavy (non-hydrogen) atoms. The van der Waals surface area contributed by atoms with Crippen LogP contribution in [0.5, 0.6) is 5.75 Å². The van der Waals surface area contributed by atoms with Gasteiger partial charge in [0.1, 0.15) is 11.4 Å². The summed E-state index contributed by atoms with van der Waals surface area (Å²) in [6.07, 6.45) is 14.5. The van der Waals surface area contributed by atoms with E-state index in [1.54, 1.807) is 12.1 Å². The lowest BCUT2D eigenvalue weighted by molar-refractivity contribution is 0.107. The number of allylic oxidation sites excluding steroid dienone is 5. The molecule has 0 aromatic heterocycles. The number of benzene rings is 1. The minimum atomic E-state index is -1.08. The lowest BCUT2D eigenvalue weighted by Crippen LogP contribution is -2.37. The summed E-state index contributed by atoms with van der Waals surface area (Å²) < 4.78 is 0. The molecule has 2 atom stereocenters. The van der Waals surface area contributed by atoms with Crippen LogP contribution in [0, 0.1) is 5.92 Å². The molecule has 120 valence electrons. The van der Waals surface area contributed by atoms with Crippen molar-refractivity contribution in [2.75, 3.05) is 0 Å². The Bertz CT molecular complexity index is 679. The summed E-state index contributed by atoms with van der Waals surface area (Å²) in [5.74, 6) is 0.186. The fourth-order valence-corrected chi connectivity index (χ4v) is 3.07. The van der Waals surface area contributed by atoms with Crippen LogP contribution in [0.25, 0.3) is 5.57 Å². The van der Waals surface area contributed by atoms with Gasteiger partial charge in [0.05, 0.1) is 0 Å². The van der Waals surface area contributed by atoms with Crippen LogP contribution in [0.3, 0.4) is 0 Å². The molecule has 0 saturated carbocycles. The summed E-state index contributed by atoms with van der Waals surface area (Å²) in [5, 5.41) is 21.3. The number of rotatable bonds is 6. The van der Waals surface area contributed by atoms with Crippen LogP contribution in [0.2, 0.25) is 0 Å². The molecule has 0 radical (unpaired) electrons. The molecule has 0 spiro atoms. The first-order chi connectivity index (χ1) is 11.1. The predicted octanol–water partition coefficient (Wildman–Crippen LogP) is 4.57.